The van der Waals surface area contributed by atoms with Gasteiger partial charge in [0, 0.05) is 6.42 Å². The molecule has 0 aliphatic rings. The number of fused-ring (bicyclic) bond motifs is 1. The summed E-state index contributed by atoms with van der Waals surface area (Å²) in [5.41, 5.74) is 10.4. The summed E-state index contributed by atoms with van der Waals surface area (Å²) in [5.74, 6) is 1.04. The Labute approximate surface area is 135 Å². The molecule has 1 heterocycles. The number of hydrogen-bond acceptors (Lipinski definition) is 2. The highest BCUT2D eigenvalue weighted by molar-refractivity contribution is 7.80. The zero-order chi connectivity index (χ0) is 15.5. The first-order valence-corrected chi connectivity index (χ1v) is 7.82. The minimum absolute atomic E-state index is 0.486. The fourth-order valence-electron chi connectivity index (χ4n) is 2.66. The van der Waals surface area contributed by atoms with Gasteiger partial charge in [0.15, 0.2) is 0 Å². The van der Waals surface area contributed by atoms with Gasteiger partial charge >= 0.3 is 0 Å². The monoisotopic (exact) mass is 309 g/mol. The number of aromatic nitrogens is 2. The molecule has 0 amide bonds. The van der Waals surface area contributed by atoms with Crippen molar-refractivity contribution in [1.82, 2.24) is 9.55 Å². The van der Waals surface area contributed by atoms with E-state index in [2.05, 4.69) is 41.8 Å². The van der Waals surface area contributed by atoms with Crippen molar-refractivity contribution >= 4 is 28.2 Å². The summed E-state index contributed by atoms with van der Waals surface area (Å²) in [5, 5.41) is 0. The van der Waals surface area contributed by atoms with E-state index in [0.717, 1.165) is 29.7 Å². The largest absolute Gasteiger partial charge is 0.392 e. The second kappa shape index (κ2) is 6.28. The Morgan fingerprint density at radius 3 is 2.55 bits per heavy atom. The lowest BCUT2D eigenvalue weighted by molar-refractivity contribution is 0.760. The van der Waals surface area contributed by atoms with Gasteiger partial charge in [-0.05, 0) is 31.0 Å². The molecule has 0 radical (unpaired) electrons. The van der Waals surface area contributed by atoms with Crippen LogP contribution in [0.15, 0.2) is 48.5 Å². The molecule has 0 bridgehead atoms. The molecule has 22 heavy (non-hydrogen) atoms. The predicted molar refractivity (Wildman–Crippen MR) is 95.1 cm³/mol. The normalized spacial score (nSPS) is 11.0. The Kier molecular flexibility index (Phi) is 4.20. The molecule has 3 rings (SSSR count). The summed E-state index contributed by atoms with van der Waals surface area (Å²) < 4.78 is 2.13. The average Bonchev–Trinajstić information content (AvgIpc) is 2.84. The second-order valence-electron chi connectivity index (χ2n) is 5.55. The van der Waals surface area contributed by atoms with Crippen LogP contribution in [0.3, 0.4) is 0 Å². The third kappa shape index (κ3) is 3.17. The molecule has 0 unspecified atom stereocenters. The van der Waals surface area contributed by atoms with Gasteiger partial charge in [0.2, 0.25) is 0 Å². The Hall–Kier alpha value is -2.20. The minimum atomic E-state index is 0.486. The van der Waals surface area contributed by atoms with Gasteiger partial charge in [-0.3, -0.25) is 0 Å². The molecule has 0 aliphatic heterocycles. The van der Waals surface area contributed by atoms with Crippen molar-refractivity contribution in [3.8, 4) is 0 Å². The molecule has 0 saturated carbocycles. The maximum absolute atomic E-state index is 5.75. The summed E-state index contributed by atoms with van der Waals surface area (Å²) in [6.45, 7) is 2.64. The third-order valence-electron chi connectivity index (χ3n) is 3.81. The van der Waals surface area contributed by atoms with Crippen LogP contribution < -0.4 is 5.73 Å². The lowest BCUT2D eigenvalue weighted by Gasteiger charge is -2.08. The molecule has 1 aromatic heterocycles. The lowest BCUT2D eigenvalue weighted by Crippen LogP contribution is -2.18. The number of nitrogens with two attached hydrogens (primary N) is 1. The standard InChI is InChI=1S/C18H19N3S/c1-13-6-8-14(9-7-13)10-11-18-20-15-4-2-3-5-16(15)21(18)12-17(19)22/h2-9H,10-12H2,1H3,(H2,19,22). The molecular formula is C18H19N3S. The fraction of sp³-hybridized carbons (Fsp3) is 0.222. The van der Waals surface area contributed by atoms with Crippen LogP contribution >= 0.6 is 12.2 Å². The van der Waals surface area contributed by atoms with Crippen LogP contribution in [0.4, 0.5) is 0 Å². The maximum atomic E-state index is 5.75. The molecule has 3 aromatic rings. The molecule has 3 nitrogen and oxygen atoms in total. The van der Waals surface area contributed by atoms with E-state index in [1.807, 2.05) is 18.2 Å². The molecule has 0 aliphatic carbocycles. The van der Waals surface area contributed by atoms with E-state index in [-0.39, 0.29) is 0 Å². The van der Waals surface area contributed by atoms with Crippen LogP contribution in [0.5, 0.6) is 0 Å². The average molecular weight is 309 g/mol. The second-order valence-corrected chi connectivity index (χ2v) is 6.08. The summed E-state index contributed by atoms with van der Waals surface area (Å²) in [7, 11) is 0. The molecule has 2 N–H and O–H groups in total. The highest BCUT2D eigenvalue weighted by atomic mass is 32.1. The van der Waals surface area contributed by atoms with E-state index in [1.165, 1.54) is 11.1 Å². The predicted octanol–water partition coefficient (Wildman–Crippen LogP) is 3.42. The molecule has 112 valence electrons. The van der Waals surface area contributed by atoms with E-state index in [9.17, 15) is 0 Å². The number of benzene rings is 2. The molecular weight excluding hydrogens is 290 g/mol. The summed E-state index contributed by atoms with van der Waals surface area (Å²) >= 11 is 5.09. The fourth-order valence-corrected chi connectivity index (χ4v) is 2.79. The number of imidazole rings is 1. The topological polar surface area (TPSA) is 43.8 Å². The van der Waals surface area contributed by atoms with Gasteiger partial charge in [-0.1, -0.05) is 54.2 Å². The van der Waals surface area contributed by atoms with Crippen LogP contribution in [0.1, 0.15) is 17.0 Å². The number of para-hydroxylation sites is 2. The van der Waals surface area contributed by atoms with Gasteiger partial charge in [0.05, 0.1) is 22.6 Å². The summed E-state index contributed by atoms with van der Waals surface area (Å²) in [4.78, 5) is 5.23. The lowest BCUT2D eigenvalue weighted by atomic mass is 10.1. The Bertz CT molecular complexity index is 803. The SMILES string of the molecule is Cc1ccc(CCc2nc3ccccc3n2CC(N)=S)cc1. The quantitative estimate of drug-likeness (QED) is 0.735. The summed E-state index contributed by atoms with van der Waals surface area (Å²) in [6, 6.07) is 16.8. The van der Waals surface area contributed by atoms with E-state index < -0.39 is 0 Å². The van der Waals surface area contributed by atoms with Crippen LogP contribution in [0.2, 0.25) is 0 Å². The maximum Gasteiger partial charge on any atom is 0.110 e. The number of aryl methyl sites for hydroxylation is 3. The number of nitrogens with zero attached hydrogens (tertiary/aromatic N) is 2. The van der Waals surface area contributed by atoms with E-state index in [0.29, 0.717) is 11.5 Å². The van der Waals surface area contributed by atoms with Crippen LogP contribution in [-0.2, 0) is 19.4 Å². The van der Waals surface area contributed by atoms with Crippen molar-refractivity contribution < 1.29 is 0 Å². The van der Waals surface area contributed by atoms with Crippen molar-refractivity contribution in [3.63, 3.8) is 0 Å². The van der Waals surface area contributed by atoms with E-state index in [4.69, 9.17) is 22.9 Å². The van der Waals surface area contributed by atoms with Crippen molar-refractivity contribution in [1.29, 1.82) is 0 Å². The molecule has 0 saturated heterocycles. The molecule has 0 atom stereocenters. The van der Waals surface area contributed by atoms with Gasteiger partial charge in [-0.2, -0.15) is 0 Å². The third-order valence-corrected chi connectivity index (χ3v) is 3.93. The molecule has 0 fully saturated rings. The van der Waals surface area contributed by atoms with Crippen LogP contribution in [0.25, 0.3) is 11.0 Å². The Morgan fingerprint density at radius 1 is 1.09 bits per heavy atom. The smallest absolute Gasteiger partial charge is 0.110 e. The van der Waals surface area contributed by atoms with E-state index >= 15 is 0 Å². The van der Waals surface area contributed by atoms with Crippen LogP contribution in [0, 0.1) is 6.92 Å². The van der Waals surface area contributed by atoms with Crippen molar-refractivity contribution in [2.45, 2.75) is 26.3 Å². The first-order chi connectivity index (χ1) is 10.6. The Balaban J connectivity index is 1.88. The highest BCUT2D eigenvalue weighted by Crippen LogP contribution is 2.17. The Morgan fingerprint density at radius 2 is 1.82 bits per heavy atom. The van der Waals surface area contributed by atoms with Gasteiger partial charge < -0.3 is 10.3 Å². The van der Waals surface area contributed by atoms with Gasteiger partial charge in [-0.25, -0.2) is 4.98 Å². The van der Waals surface area contributed by atoms with Crippen molar-refractivity contribution in [2.75, 3.05) is 0 Å². The molecule has 2 aromatic carbocycles. The van der Waals surface area contributed by atoms with Gasteiger partial charge in [0.1, 0.15) is 5.82 Å². The van der Waals surface area contributed by atoms with E-state index in [1.54, 1.807) is 0 Å². The van der Waals surface area contributed by atoms with Crippen LogP contribution in [-0.4, -0.2) is 14.5 Å². The zero-order valence-corrected chi connectivity index (χ0v) is 13.4. The number of thiocarbonyl (C=S) groups is 1. The van der Waals surface area contributed by atoms with Crippen molar-refractivity contribution in [2.24, 2.45) is 5.73 Å². The zero-order valence-electron chi connectivity index (χ0n) is 12.6. The highest BCUT2D eigenvalue weighted by Gasteiger charge is 2.11. The van der Waals surface area contributed by atoms with Gasteiger partial charge in [-0.15, -0.1) is 0 Å². The summed E-state index contributed by atoms with van der Waals surface area (Å²) in [6.07, 6.45) is 1.83. The van der Waals surface area contributed by atoms with Gasteiger partial charge in [0.25, 0.3) is 0 Å². The first kappa shape index (κ1) is 14.7. The first-order valence-electron chi connectivity index (χ1n) is 7.41. The number of rotatable bonds is 5. The van der Waals surface area contributed by atoms with Crippen molar-refractivity contribution in [3.05, 3.63) is 65.5 Å². The molecule has 4 heteroatoms. The number of hydrogen-bond donors (Lipinski definition) is 1. The minimum Gasteiger partial charge on any atom is -0.392 e. The molecule has 0 spiro atoms.